The highest BCUT2D eigenvalue weighted by Gasteiger charge is 2.10. The van der Waals surface area contributed by atoms with Gasteiger partial charge in [-0.25, -0.2) is 4.98 Å². The normalized spacial score (nSPS) is 10.7. The van der Waals surface area contributed by atoms with Crippen LogP contribution in [0.15, 0.2) is 53.1 Å². The molecule has 0 spiro atoms. The molecule has 1 aromatic carbocycles. The van der Waals surface area contributed by atoms with E-state index in [9.17, 15) is 0 Å². The lowest BCUT2D eigenvalue weighted by Gasteiger charge is -1.99. The zero-order chi connectivity index (χ0) is 13.9. The quantitative estimate of drug-likeness (QED) is 0.677. The molecule has 0 fully saturated rings. The molecular formula is C16H13BrN2S. The van der Waals surface area contributed by atoms with E-state index in [0.717, 1.165) is 32.9 Å². The number of aryl methyl sites for hydroxylation is 1. The third kappa shape index (κ3) is 2.97. The van der Waals surface area contributed by atoms with E-state index in [2.05, 4.69) is 40.0 Å². The summed E-state index contributed by atoms with van der Waals surface area (Å²) in [5.41, 5.74) is 3.28. The molecule has 0 amide bonds. The van der Waals surface area contributed by atoms with Crippen LogP contribution < -0.4 is 0 Å². The number of aromatic nitrogens is 2. The fourth-order valence-electron chi connectivity index (χ4n) is 2.09. The van der Waals surface area contributed by atoms with E-state index in [1.54, 1.807) is 11.3 Å². The van der Waals surface area contributed by atoms with E-state index in [1.165, 1.54) is 4.88 Å². The lowest BCUT2D eigenvalue weighted by molar-refractivity contribution is 1.05. The molecule has 0 bridgehead atoms. The fourth-order valence-corrected chi connectivity index (χ4v) is 3.46. The first-order valence-corrected chi connectivity index (χ1v) is 7.95. The number of thiazole rings is 1. The molecule has 3 aromatic rings. The highest BCUT2D eigenvalue weighted by Crippen LogP contribution is 2.29. The van der Waals surface area contributed by atoms with Crippen LogP contribution in [-0.4, -0.2) is 9.97 Å². The Morgan fingerprint density at radius 1 is 1.15 bits per heavy atom. The molecule has 0 radical (unpaired) electrons. The smallest absolute Gasteiger partial charge is 0.0995 e. The lowest BCUT2D eigenvalue weighted by Crippen LogP contribution is -1.90. The Hall–Kier alpha value is -1.52. The van der Waals surface area contributed by atoms with Crippen LogP contribution in [0.5, 0.6) is 0 Å². The van der Waals surface area contributed by atoms with E-state index in [1.807, 2.05) is 36.5 Å². The molecule has 2 aromatic heterocycles. The summed E-state index contributed by atoms with van der Waals surface area (Å²) in [6, 6.07) is 14.2. The molecule has 4 heteroatoms. The van der Waals surface area contributed by atoms with Crippen molar-refractivity contribution < 1.29 is 0 Å². The van der Waals surface area contributed by atoms with Gasteiger partial charge in [0.1, 0.15) is 0 Å². The minimum atomic E-state index is 0.792. The van der Waals surface area contributed by atoms with Gasteiger partial charge in [0.25, 0.3) is 0 Å². The second-order valence-corrected chi connectivity index (χ2v) is 6.72. The summed E-state index contributed by atoms with van der Waals surface area (Å²) >= 11 is 5.25. The van der Waals surface area contributed by atoms with Crippen LogP contribution in [0.1, 0.15) is 15.6 Å². The van der Waals surface area contributed by atoms with Crippen molar-refractivity contribution in [3.63, 3.8) is 0 Å². The second kappa shape index (κ2) is 5.85. The average molecular weight is 345 g/mol. The summed E-state index contributed by atoms with van der Waals surface area (Å²) in [5.74, 6) is 0. The van der Waals surface area contributed by atoms with E-state index >= 15 is 0 Å². The van der Waals surface area contributed by atoms with Gasteiger partial charge < -0.3 is 0 Å². The molecule has 0 saturated heterocycles. The molecule has 20 heavy (non-hydrogen) atoms. The number of hydrogen-bond acceptors (Lipinski definition) is 3. The predicted molar refractivity (Wildman–Crippen MR) is 87.0 cm³/mol. The summed E-state index contributed by atoms with van der Waals surface area (Å²) in [7, 11) is 0. The molecule has 2 heterocycles. The molecule has 0 saturated carbocycles. The van der Waals surface area contributed by atoms with Crippen LogP contribution in [0.4, 0.5) is 0 Å². The Bertz CT molecular complexity index is 722. The fraction of sp³-hybridized carbons (Fsp3) is 0.125. The zero-order valence-electron chi connectivity index (χ0n) is 11.0. The molecule has 0 unspecified atom stereocenters. The molecular weight excluding hydrogens is 332 g/mol. The Labute approximate surface area is 130 Å². The van der Waals surface area contributed by atoms with Crippen LogP contribution in [0.3, 0.4) is 0 Å². The van der Waals surface area contributed by atoms with E-state index in [0.29, 0.717) is 0 Å². The number of nitrogens with zero attached hydrogens (tertiary/aromatic N) is 2. The van der Waals surface area contributed by atoms with Gasteiger partial charge in [0.15, 0.2) is 0 Å². The third-order valence-electron chi connectivity index (χ3n) is 3.00. The van der Waals surface area contributed by atoms with Gasteiger partial charge in [0.05, 0.1) is 10.7 Å². The van der Waals surface area contributed by atoms with Crippen molar-refractivity contribution in [2.45, 2.75) is 13.3 Å². The summed E-state index contributed by atoms with van der Waals surface area (Å²) in [5, 5.41) is 1.11. The van der Waals surface area contributed by atoms with Crippen LogP contribution in [0, 0.1) is 6.92 Å². The summed E-state index contributed by atoms with van der Waals surface area (Å²) in [6.45, 7) is 2.12. The van der Waals surface area contributed by atoms with Gasteiger partial charge in [-0.15, -0.1) is 11.3 Å². The Morgan fingerprint density at radius 3 is 2.80 bits per heavy atom. The van der Waals surface area contributed by atoms with E-state index in [4.69, 9.17) is 4.98 Å². The highest BCUT2D eigenvalue weighted by atomic mass is 79.9. The summed E-state index contributed by atoms with van der Waals surface area (Å²) < 4.78 is 1.08. The predicted octanol–water partition coefficient (Wildman–Crippen LogP) is 4.87. The molecule has 0 aliphatic heterocycles. The second-order valence-electron chi connectivity index (χ2n) is 4.52. The van der Waals surface area contributed by atoms with Gasteiger partial charge in [0, 0.05) is 33.2 Å². The van der Waals surface area contributed by atoms with Crippen molar-refractivity contribution in [1.29, 1.82) is 0 Å². The van der Waals surface area contributed by atoms with Crippen molar-refractivity contribution >= 4 is 27.3 Å². The molecule has 0 atom stereocenters. The minimum absolute atomic E-state index is 0.792. The minimum Gasteiger partial charge on any atom is -0.261 e. The van der Waals surface area contributed by atoms with Crippen LogP contribution in [-0.2, 0) is 6.42 Å². The van der Waals surface area contributed by atoms with E-state index < -0.39 is 0 Å². The van der Waals surface area contributed by atoms with Gasteiger partial charge in [-0.3, -0.25) is 4.98 Å². The molecule has 0 N–H and O–H groups in total. The van der Waals surface area contributed by atoms with Crippen molar-refractivity contribution in [1.82, 2.24) is 9.97 Å². The topological polar surface area (TPSA) is 25.8 Å². The Balaban J connectivity index is 1.91. The number of hydrogen-bond donors (Lipinski definition) is 0. The highest BCUT2D eigenvalue weighted by molar-refractivity contribution is 9.10. The first-order valence-electron chi connectivity index (χ1n) is 6.34. The molecule has 0 aliphatic carbocycles. The van der Waals surface area contributed by atoms with Crippen molar-refractivity contribution in [2.75, 3.05) is 0 Å². The summed E-state index contributed by atoms with van der Waals surface area (Å²) in [6.07, 6.45) is 2.62. The Kier molecular flexibility index (Phi) is 3.94. The standard InChI is InChI=1S/C16H13BrN2S/c1-11-16(12-5-4-6-13(17)9-12)19-15(20-11)10-14-7-2-3-8-18-14/h2-9H,10H2,1H3. The van der Waals surface area contributed by atoms with Crippen molar-refractivity contribution in [2.24, 2.45) is 0 Å². The maximum absolute atomic E-state index is 4.77. The first kappa shape index (κ1) is 13.5. The monoisotopic (exact) mass is 344 g/mol. The molecule has 3 rings (SSSR count). The number of pyridine rings is 1. The number of halogens is 1. The molecule has 2 nitrogen and oxygen atoms in total. The Morgan fingerprint density at radius 2 is 2.05 bits per heavy atom. The van der Waals surface area contributed by atoms with E-state index in [-0.39, 0.29) is 0 Å². The number of benzene rings is 1. The van der Waals surface area contributed by atoms with Gasteiger partial charge >= 0.3 is 0 Å². The van der Waals surface area contributed by atoms with Gasteiger partial charge in [-0.05, 0) is 31.2 Å². The van der Waals surface area contributed by atoms with Gasteiger partial charge in [-0.1, -0.05) is 34.1 Å². The van der Waals surface area contributed by atoms with Crippen LogP contribution in [0.2, 0.25) is 0 Å². The lowest BCUT2D eigenvalue weighted by atomic mass is 10.1. The van der Waals surface area contributed by atoms with Gasteiger partial charge in [-0.2, -0.15) is 0 Å². The van der Waals surface area contributed by atoms with Crippen LogP contribution >= 0.6 is 27.3 Å². The maximum Gasteiger partial charge on any atom is 0.0995 e. The van der Waals surface area contributed by atoms with Crippen LogP contribution in [0.25, 0.3) is 11.3 Å². The first-order chi connectivity index (χ1) is 9.72. The van der Waals surface area contributed by atoms with Crippen molar-refractivity contribution in [3.8, 4) is 11.3 Å². The molecule has 0 aliphatic rings. The third-order valence-corrected chi connectivity index (χ3v) is 4.46. The number of rotatable bonds is 3. The van der Waals surface area contributed by atoms with Crippen molar-refractivity contribution in [3.05, 3.63) is 68.7 Å². The SMILES string of the molecule is Cc1sc(Cc2ccccn2)nc1-c1cccc(Br)c1. The van der Waals surface area contributed by atoms with Gasteiger partial charge in [0.2, 0.25) is 0 Å². The maximum atomic E-state index is 4.77. The average Bonchev–Trinajstić information content (AvgIpc) is 2.81. The molecule has 100 valence electrons. The zero-order valence-corrected chi connectivity index (χ0v) is 13.4. The summed E-state index contributed by atoms with van der Waals surface area (Å²) in [4.78, 5) is 10.4. The largest absolute Gasteiger partial charge is 0.261 e.